The minimum Gasteiger partial charge on any atom is -0.489 e. The first kappa shape index (κ1) is 18.8. The van der Waals surface area contributed by atoms with Gasteiger partial charge in [-0.3, -0.25) is 4.98 Å². The zero-order valence-corrected chi connectivity index (χ0v) is 16.6. The minimum atomic E-state index is 0.415. The van der Waals surface area contributed by atoms with E-state index in [4.69, 9.17) is 17.0 Å². The van der Waals surface area contributed by atoms with Gasteiger partial charge in [-0.25, -0.2) is 5.10 Å². The van der Waals surface area contributed by atoms with Crippen LogP contribution < -0.4 is 4.74 Å². The average Bonchev–Trinajstić information content (AvgIpc) is 3.13. The summed E-state index contributed by atoms with van der Waals surface area (Å²) in [5.74, 6) is 1.41. The van der Waals surface area contributed by atoms with Crippen molar-refractivity contribution in [3.8, 4) is 17.1 Å². The summed E-state index contributed by atoms with van der Waals surface area (Å²) >= 11 is 5.29. The number of aromatic nitrogens is 4. The molecule has 0 aliphatic rings. The Balaban J connectivity index is 1.45. The monoisotopic (exact) mass is 401 g/mol. The summed E-state index contributed by atoms with van der Waals surface area (Å²) in [6.07, 6.45) is 5.16. The van der Waals surface area contributed by atoms with Gasteiger partial charge in [0.15, 0.2) is 5.82 Å². The van der Waals surface area contributed by atoms with Crippen molar-refractivity contribution >= 4 is 18.4 Å². The maximum atomic E-state index is 5.85. The molecule has 0 unspecified atom stereocenters. The van der Waals surface area contributed by atoms with E-state index in [1.807, 2.05) is 36.4 Å². The molecule has 0 fully saturated rings. The number of hydrogen-bond donors (Lipinski definition) is 1. The van der Waals surface area contributed by atoms with Crippen LogP contribution in [0.25, 0.3) is 11.4 Å². The Kier molecular flexibility index (Phi) is 5.58. The van der Waals surface area contributed by atoms with Crippen molar-refractivity contribution < 1.29 is 4.74 Å². The molecule has 6 nitrogen and oxygen atoms in total. The van der Waals surface area contributed by atoms with Crippen molar-refractivity contribution in [3.05, 3.63) is 94.5 Å². The molecular formula is C22H19N5OS. The van der Waals surface area contributed by atoms with E-state index < -0.39 is 0 Å². The van der Waals surface area contributed by atoms with Gasteiger partial charge in [0.05, 0.1) is 6.21 Å². The van der Waals surface area contributed by atoms with Crippen LogP contribution in [0.15, 0.2) is 78.2 Å². The Morgan fingerprint density at radius 3 is 2.62 bits per heavy atom. The maximum Gasteiger partial charge on any atom is 0.216 e. The summed E-state index contributed by atoms with van der Waals surface area (Å²) < 4.78 is 7.84. The van der Waals surface area contributed by atoms with Crippen LogP contribution in [-0.4, -0.2) is 26.1 Å². The lowest BCUT2D eigenvalue weighted by molar-refractivity contribution is 0.306. The molecule has 0 aliphatic carbocycles. The quantitative estimate of drug-likeness (QED) is 0.373. The highest BCUT2D eigenvalue weighted by Crippen LogP contribution is 2.16. The lowest BCUT2D eigenvalue weighted by Crippen LogP contribution is -1.96. The Bertz CT molecular complexity index is 1160. The molecule has 0 saturated carbocycles. The number of benzene rings is 2. The second kappa shape index (κ2) is 8.62. The molecule has 0 spiro atoms. The van der Waals surface area contributed by atoms with Crippen molar-refractivity contribution in [1.29, 1.82) is 0 Å². The van der Waals surface area contributed by atoms with E-state index in [0.29, 0.717) is 17.2 Å². The number of H-pyrrole nitrogens is 1. The lowest BCUT2D eigenvalue weighted by atomic mass is 10.2. The average molecular weight is 401 g/mol. The molecular weight excluding hydrogens is 382 g/mol. The molecule has 0 bridgehead atoms. The van der Waals surface area contributed by atoms with Crippen molar-refractivity contribution in [2.45, 2.75) is 13.5 Å². The van der Waals surface area contributed by atoms with Gasteiger partial charge in [0, 0.05) is 18.0 Å². The van der Waals surface area contributed by atoms with E-state index in [2.05, 4.69) is 51.5 Å². The Labute approximate surface area is 173 Å². The molecule has 0 radical (unpaired) electrons. The Morgan fingerprint density at radius 2 is 1.90 bits per heavy atom. The molecule has 0 amide bonds. The van der Waals surface area contributed by atoms with E-state index >= 15 is 0 Å². The molecule has 2 aromatic heterocycles. The fourth-order valence-electron chi connectivity index (χ4n) is 2.71. The first-order chi connectivity index (χ1) is 14.2. The summed E-state index contributed by atoms with van der Waals surface area (Å²) in [5.41, 5.74) is 4.13. The molecule has 144 valence electrons. The predicted octanol–water partition coefficient (Wildman–Crippen LogP) is 4.77. The van der Waals surface area contributed by atoms with Crippen LogP contribution in [0, 0.1) is 11.7 Å². The van der Waals surface area contributed by atoms with Crippen LogP contribution in [0.2, 0.25) is 0 Å². The zero-order chi connectivity index (χ0) is 20.1. The van der Waals surface area contributed by atoms with Gasteiger partial charge < -0.3 is 4.74 Å². The molecule has 4 aromatic rings. The summed E-state index contributed by atoms with van der Waals surface area (Å²) in [6, 6.07) is 19.8. The van der Waals surface area contributed by atoms with Gasteiger partial charge in [0.1, 0.15) is 12.4 Å². The number of aryl methyl sites for hydroxylation is 1. The van der Waals surface area contributed by atoms with Gasteiger partial charge in [-0.2, -0.15) is 14.9 Å². The number of aromatic amines is 1. The van der Waals surface area contributed by atoms with Crippen molar-refractivity contribution in [3.63, 3.8) is 0 Å². The third kappa shape index (κ3) is 4.64. The first-order valence-corrected chi connectivity index (χ1v) is 9.50. The van der Waals surface area contributed by atoms with Crippen molar-refractivity contribution in [2.75, 3.05) is 0 Å². The number of nitrogens with zero attached hydrogens (tertiary/aromatic N) is 4. The van der Waals surface area contributed by atoms with E-state index in [0.717, 1.165) is 22.4 Å². The summed E-state index contributed by atoms with van der Waals surface area (Å²) in [4.78, 5) is 4.12. The van der Waals surface area contributed by atoms with Crippen LogP contribution in [0.1, 0.15) is 16.7 Å². The largest absolute Gasteiger partial charge is 0.489 e. The van der Waals surface area contributed by atoms with Gasteiger partial charge in [-0.1, -0.05) is 29.8 Å². The normalized spacial score (nSPS) is 11.1. The summed E-state index contributed by atoms with van der Waals surface area (Å²) in [7, 11) is 0. The number of pyridine rings is 1. The van der Waals surface area contributed by atoms with Crippen LogP contribution in [0.4, 0.5) is 0 Å². The van der Waals surface area contributed by atoms with E-state index in [9.17, 15) is 0 Å². The highest BCUT2D eigenvalue weighted by Gasteiger charge is 2.07. The number of rotatable bonds is 6. The third-order valence-electron chi connectivity index (χ3n) is 4.30. The second-order valence-electron chi connectivity index (χ2n) is 6.49. The van der Waals surface area contributed by atoms with Gasteiger partial charge in [0.2, 0.25) is 4.77 Å². The molecule has 0 aliphatic heterocycles. The molecule has 0 saturated heterocycles. The van der Waals surface area contributed by atoms with Crippen molar-refractivity contribution in [1.82, 2.24) is 19.9 Å². The van der Waals surface area contributed by atoms with E-state index in [-0.39, 0.29) is 0 Å². The lowest BCUT2D eigenvalue weighted by Gasteiger charge is -2.07. The van der Waals surface area contributed by atoms with Crippen LogP contribution >= 0.6 is 12.2 Å². The highest BCUT2D eigenvalue weighted by atomic mass is 32.1. The third-order valence-corrected chi connectivity index (χ3v) is 4.56. The van der Waals surface area contributed by atoms with E-state index in [1.54, 1.807) is 23.3 Å². The molecule has 2 aromatic carbocycles. The SMILES string of the molecule is Cc1ccc(COc2ccc(C=Nn3c(-c4cccnc4)n[nH]c3=S)cc2)cc1. The van der Waals surface area contributed by atoms with Crippen LogP contribution in [-0.2, 0) is 6.61 Å². The number of ether oxygens (including phenoxy) is 1. The number of nitrogens with one attached hydrogen (secondary N) is 1. The summed E-state index contributed by atoms with van der Waals surface area (Å²) in [5, 5.41) is 11.5. The van der Waals surface area contributed by atoms with Gasteiger partial charge in [0.25, 0.3) is 0 Å². The molecule has 0 atom stereocenters. The highest BCUT2D eigenvalue weighted by molar-refractivity contribution is 7.71. The molecule has 4 rings (SSSR count). The van der Waals surface area contributed by atoms with Gasteiger partial charge in [-0.15, -0.1) is 0 Å². The molecule has 7 heteroatoms. The van der Waals surface area contributed by atoms with Crippen molar-refractivity contribution in [2.24, 2.45) is 5.10 Å². The van der Waals surface area contributed by atoms with Crippen LogP contribution in [0.5, 0.6) is 5.75 Å². The van der Waals surface area contributed by atoms with Gasteiger partial charge in [-0.05, 0) is 66.7 Å². The molecule has 29 heavy (non-hydrogen) atoms. The fraction of sp³-hybridized carbons (Fsp3) is 0.0909. The van der Waals surface area contributed by atoms with Gasteiger partial charge >= 0.3 is 0 Å². The molecule has 2 heterocycles. The maximum absolute atomic E-state index is 5.85. The Morgan fingerprint density at radius 1 is 1.10 bits per heavy atom. The zero-order valence-electron chi connectivity index (χ0n) is 15.8. The molecule has 1 N–H and O–H groups in total. The summed E-state index contributed by atoms with van der Waals surface area (Å²) in [6.45, 7) is 2.60. The number of hydrogen-bond acceptors (Lipinski definition) is 5. The minimum absolute atomic E-state index is 0.415. The second-order valence-corrected chi connectivity index (χ2v) is 6.88. The smallest absolute Gasteiger partial charge is 0.216 e. The fourth-order valence-corrected chi connectivity index (χ4v) is 2.89. The first-order valence-electron chi connectivity index (χ1n) is 9.09. The topological polar surface area (TPSA) is 68.1 Å². The standard InChI is InChI=1S/C22H19N5OS/c1-16-4-6-18(7-5-16)15-28-20-10-8-17(9-11-20)13-24-27-21(25-26-22(27)29)19-3-2-12-23-14-19/h2-14H,15H2,1H3,(H,26,29). The van der Waals surface area contributed by atoms with E-state index in [1.165, 1.54) is 5.56 Å². The Hall–Kier alpha value is -3.58. The van der Waals surface area contributed by atoms with Crippen LogP contribution in [0.3, 0.4) is 0 Å². The predicted molar refractivity (Wildman–Crippen MR) is 116 cm³/mol.